The number of carbonyl (C=O) groups is 2. The third-order valence-corrected chi connectivity index (χ3v) is 2.48. The molecule has 19 heavy (non-hydrogen) atoms. The normalized spacial score (nSPS) is 10.8. The zero-order chi connectivity index (χ0) is 13.8. The fourth-order valence-corrected chi connectivity index (χ4v) is 1.56. The largest absolute Gasteiger partial charge is 0.477 e. The van der Waals surface area contributed by atoms with Gasteiger partial charge in [-0.05, 0) is 34.1 Å². The molecular formula is C11H8BrN3O4. The summed E-state index contributed by atoms with van der Waals surface area (Å²) in [5.41, 5.74) is -0.103. The lowest BCUT2D eigenvalue weighted by atomic mass is 10.4. The van der Waals surface area contributed by atoms with E-state index in [-0.39, 0.29) is 11.5 Å². The number of aromatic amines is 1. The molecule has 0 radical (unpaired) electrons. The zero-order valence-electron chi connectivity index (χ0n) is 9.38. The van der Waals surface area contributed by atoms with E-state index in [0.29, 0.717) is 10.4 Å². The van der Waals surface area contributed by atoms with E-state index < -0.39 is 11.9 Å². The van der Waals surface area contributed by atoms with Gasteiger partial charge in [0.1, 0.15) is 11.5 Å². The van der Waals surface area contributed by atoms with Crippen LogP contribution in [0.3, 0.4) is 0 Å². The van der Waals surface area contributed by atoms with Crippen molar-refractivity contribution in [2.45, 2.75) is 0 Å². The van der Waals surface area contributed by atoms with Crippen molar-refractivity contribution in [3.05, 3.63) is 40.4 Å². The number of carboxylic acids is 1. The second-order valence-corrected chi connectivity index (χ2v) is 4.22. The van der Waals surface area contributed by atoms with Crippen molar-refractivity contribution >= 4 is 39.7 Å². The van der Waals surface area contributed by atoms with Crippen LogP contribution in [-0.4, -0.2) is 27.2 Å². The molecule has 2 aromatic heterocycles. The van der Waals surface area contributed by atoms with Gasteiger partial charge < -0.3 is 14.8 Å². The Kier molecular flexibility index (Phi) is 3.81. The first-order chi connectivity index (χ1) is 9.04. The molecule has 0 fully saturated rings. The molecule has 0 aliphatic carbocycles. The van der Waals surface area contributed by atoms with E-state index >= 15 is 0 Å². The average Bonchev–Trinajstić information content (AvgIpc) is 2.96. The molecule has 0 atom stereocenters. The van der Waals surface area contributed by atoms with Crippen LogP contribution < -0.4 is 5.32 Å². The van der Waals surface area contributed by atoms with Crippen molar-refractivity contribution in [1.29, 1.82) is 0 Å². The molecule has 0 bridgehead atoms. The van der Waals surface area contributed by atoms with Gasteiger partial charge in [-0.25, -0.2) is 4.79 Å². The predicted octanol–water partition coefficient (Wildman–Crippen LogP) is 2.12. The lowest BCUT2D eigenvalue weighted by Gasteiger charge is -1.94. The highest BCUT2D eigenvalue weighted by molar-refractivity contribution is 9.10. The van der Waals surface area contributed by atoms with Gasteiger partial charge in [0.15, 0.2) is 10.5 Å². The molecule has 0 aliphatic rings. The van der Waals surface area contributed by atoms with Crippen molar-refractivity contribution in [2.75, 3.05) is 5.32 Å². The number of aromatic nitrogens is 2. The average molecular weight is 326 g/mol. The molecule has 0 saturated carbocycles. The Bertz CT molecular complexity index is 644. The summed E-state index contributed by atoms with van der Waals surface area (Å²) in [5, 5.41) is 17.0. The van der Waals surface area contributed by atoms with Crippen LogP contribution in [0.5, 0.6) is 0 Å². The molecule has 2 heterocycles. The lowest BCUT2D eigenvalue weighted by molar-refractivity contribution is -0.111. The van der Waals surface area contributed by atoms with Crippen molar-refractivity contribution in [3.63, 3.8) is 0 Å². The van der Waals surface area contributed by atoms with Crippen LogP contribution in [0.1, 0.15) is 16.2 Å². The minimum Gasteiger partial charge on any atom is -0.477 e. The van der Waals surface area contributed by atoms with Gasteiger partial charge >= 0.3 is 5.97 Å². The SMILES string of the molecule is O=C(/C=C/c1ccc(Br)o1)Nc1cc(C(=O)O)[nH]n1. The molecule has 2 rings (SSSR count). The molecule has 2 aromatic rings. The van der Waals surface area contributed by atoms with Crippen molar-refractivity contribution in [2.24, 2.45) is 0 Å². The number of hydrogen-bond donors (Lipinski definition) is 3. The number of aromatic carboxylic acids is 1. The van der Waals surface area contributed by atoms with E-state index in [1.807, 2.05) is 0 Å². The number of nitrogens with one attached hydrogen (secondary N) is 2. The minimum atomic E-state index is -1.15. The molecule has 3 N–H and O–H groups in total. The summed E-state index contributed by atoms with van der Waals surface area (Å²) in [6.07, 6.45) is 2.73. The smallest absolute Gasteiger partial charge is 0.353 e. The van der Waals surface area contributed by atoms with Crippen LogP contribution in [-0.2, 0) is 4.79 Å². The first kappa shape index (κ1) is 13.1. The topological polar surface area (TPSA) is 108 Å². The summed E-state index contributed by atoms with van der Waals surface area (Å²) >= 11 is 3.14. The second kappa shape index (κ2) is 5.53. The maximum Gasteiger partial charge on any atom is 0.353 e. The third kappa shape index (κ3) is 3.55. The van der Waals surface area contributed by atoms with E-state index in [1.165, 1.54) is 18.2 Å². The maximum absolute atomic E-state index is 11.5. The van der Waals surface area contributed by atoms with Crippen LogP contribution in [0.15, 0.2) is 33.4 Å². The number of amides is 1. The first-order valence-electron chi connectivity index (χ1n) is 5.08. The van der Waals surface area contributed by atoms with Crippen LogP contribution in [0.2, 0.25) is 0 Å². The summed E-state index contributed by atoms with van der Waals surface area (Å²) in [5.74, 6) is -0.956. The Morgan fingerprint density at radius 1 is 1.47 bits per heavy atom. The molecule has 7 nitrogen and oxygen atoms in total. The van der Waals surface area contributed by atoms with Crippen molar-refractivity contribution in [1.82, 2.24) is 10.2 Å². The minimum absolute atomic E-state index is 0.103. The van der Waals surface area contributed by atoms with Crippen LogP contribution in [0.4, 0.5) is 5.82 Å². The van der Waals surface area contributed by atoms with Gasteiger partial charge in [-0.2, -0.15) is 5.10 Å². The molecular weight excluding hydrogens is 318 g/mol. The highest BCUT2D eigenvalue weighted by Crippen LogP contribution is 2.15. The number of hydrogen-bond acceptors (Lipinski definition) is 4. The maximum atomic E-state index is 11.5. The highest BCUT2D eigenvalue weighted by atomic mass is 79.9. The first-order valence-corrected chi connectivity index (χ1v) is 5.87. The molecule has 98 valence electrons. The monoisotopic (exact) mass is 325 g/mol. The number of furan rings is 1. The summed E-state index contributed by atoms with van der Waals surface area (Å²) in [6.45, 7) is 0. The number of H-pyrrole nitrogens is 1. The Morgan fingerprint density at radius 3 is 2.84 bits per heavy atom. The number of nitrogens with zero attached hydrogens (tertiary/aromatic N) is 1. The number of rotatable bonds is 4. The standard InChI is InChI=1S/C11H8BrN3O4/c12-8-3-1-6(19-8)2-4-10(16)13-9-5-7(11(17)18)14-15-9/h1-5H,(H,17,18)(H2,13,14,15,16)/b4-2+. The highest BCUT2D eigenvalue weighted by Gasteiger charge is 2.08. The Morgan fingerprint density at radius 2 is 2.26 bits per heavy atom. The molecule has 1 amide bonds. The number of anilines is 1. The van der Waals surface area contributed by atoms with E-state index in [9.17, 15) is 9.59 Å². The van der Waals surface area contributed by atoms with Gasteiger partial charge in [0.05, 0.1) is 0 Å². The van der Waals surface area contributed by atoms with Gasteiger partial charge in [0.25, 0.3) is 0 Å². The van der Waals surface area contributed by atoms with Gasteiger partial charge in [0.2, 0.25) is 5.91 Å². The molecule has 0 saturated heterocycles. The molecule has 0 spiro atoms. The van der Waals surface area contributed by atoms with Gasteiger partial charge in [-0.15, -0.1) is 0 Å². The van der Waals surface area contributed by atoms with E-state index in [0.717, 1.165) is 0 Å². The number of carboxylic acid groups (broad SMARTS) is 1. The van der Waals surface area contributed by atoms with E-state index in [2.05, 4.69) is 31.4 Å². The summed E-state index contributed by atoms with van der Waals surface area (Å²) in [7, 11) is 0. The van der Waals surface area contributed by atoms with Gasteiger partial charge in [0, 0.05) is 12.1 Å². The van der Waals surface area contributed by atoms with Gasteiger partial charge in [-0.3, -0.25) is 9.89 Å². The fourth-order valence-electron chi connectivity index (χ4n) is 1.24. The van der Waals surface area contributed by atoms with Gasteiger partial charge in [-0.1, -0.05) is 0 Å². The Labute approximate surface area is 115 Å². The summed E-state index contributed by atoms with van der Waals surface area (Å²) in [6, 6.07) is 4.60. The molecule has 0 unspecified atom stereocenters. The van der Waals surface area contributed by atoms with E-state index in [1.54, 1.807) is 12.1 Å². The van der Waals surface area contributed by atoms with Crippen LogP contribution in [0, 0.1) is 0 Å². The zero-order valence-corrected chi connectivity index (χ0v) is 11.0. The summed E-state index contributed by atoms with van der Waals surface area (Å²) in [4.78, 5) is 22.1. The Balaban J connectivity index is 1.97. The molecule has 0 aliphatic heterocycles. The van der Waals surface area contributed by atoms with Crippen LogP contribution in [0.25, 0.3) is 6.08 Å². The lowest BCUT2D eigenvalue weighted by Crippen LogP contribution is -2.07. The van der Waals surface area contributed by atoms with Crippen molar-refractivity contribution < 1.29 is 19.1 Å². The molecule has 0 aromatic carbocycles. The predicted molar refractivity (Wildman–Crippen MR) is 69.6 cm³/mol. The van der Waals surface area contributed by atoms with E-state index in [4.69, 9.17) is 9.52 Å². The quantitative estimate of drug-likeness (QED) is 0.746. The number of halogens is 1. The fraction of sp³-hybridized carbons (Fsp3) is 0. The Hall–Kier alpha value is -2.35. The number of carbonyl (C=O) groups excluding carboxylic acids is 1. The van der Waals surface area contributed by atoms with Crippen molar-refractivity contribution in [3.8, 4) is 0 Å². The third-order valence-electron chi connectivity index (χ3n) is 2.05. The molecule has 8 heteroatoms. The second-order valence-electron chi connectivity index (χ2n) is 3.44. The van der Waals surface area contributed by atoms with Crippen LogP contribution >= 0.6 is 15.9 Å². The summed E-state index contributed by atoms with van der Waals surface area (Å²) < 4.78 is 5.73.